The number of nitrogens with zero attached hydrogens (tertiary/aromatic N) is 4. The molecule has 2 N–H and O–H groups in total. The summed E-state index contributed by atoms with van der Waals surface area (Å²) in [5.41, 5.74) is 2.34. The Balaban J connectivity index is 1.76. The summed E-state index contributed by atoms with van der Waals surface area (Å²) in [6.45, 7) is 3.85. The van der Waals surface area contributed by atoms with Gasteiger partial charge in [-0.25, -0.2) is 27.8 Å². The topological polar surface area (TPSA) is 104 Å². The predicted molar refractivity (Wildman–Crippen MR) is 92.4 cm³/mol. The molecule has 8 nitrogen and oxygen atoms in total. The third-order valence-electron chi connectivity index (χ3n) is 4.22. The minimum Gasteiger partial charge on any atom is -0.348 e. The summed E-state index contributed by atoms with van der Waals surface area (Å²) in [6, 6.07) is -0.531. The molecular formula is C15H21FN6O2S. The van der Waals surface area contributed by atoms with Gasteiger partial charge in [0, 0.05) is 19.3 Å². The number of aromatic nitrogens is 4. The van der Waals surface area contributed by atoms with Gasteiger partial charge in [-0.15, -0.1) is 0 Å². The molecule has 3 heterocycles. The van der Waals surface area contributed by atoms with Crippen molar-refractivity contribution in [3.05, 3.63) is 23.8 Å². The third kappa shape index (κ3) is 3.96. The van der Waals surface area contributed by atoms with Crippen LogP contribution in [-0.2, 0) is 10.0 Å². The maximum Gasteiger partial charge on any atom is 0.223 e. The largest absolute Gasteiger partial charge is 0.348 e. The fraction of sp³-hybridized carbons (Fsp3) is 0.533. The van der Waals surface area contributed by atoms with Gasteiger partial charge >= 0.3 is 0 Å². The molecule has 0 amide bonds. The van der Waals surface area contributed by atoms with E-state index in [1.54, 1.807) is 12.4 Å². The number of hydrogen-bond donors (Lipinski definition) is 2. The summed E-state index contributed by atoms with van der Waals surface area (Å²) in [5.74, 6) is 1.09. The molecule has 136 valence electrons. The minimum absolute atomic E-state index is 0.158. The van der Waals surface area contributed by atoms with E-state index in [0.29, 0.717) is 18.1 Å². The number of aromatic amines is 1. The number of alkyl halides is 1. The first kappa shape index (κ1) is 17.7. The van der Waals surface area contributed by atoms with E-state index in [9.17, 15) is 12.8 Å². The van der Waals surface area contributed by atoms with Crippen molar-refractivity contribution in [3.8, 4) is 11.4 Å². The number of imidazole rings is 1. The number of sulfonamides is 1. The van der Waals surface area contributed by atoms with E-state index in [1.165, 1.54) is 0 Å². The Labute approximate surface area is 146 Å². The number of aryl methyl sites for hydroxylation is 2. The highest BCUT2D eigenvalue weighted by atomic mass is 32.2. The van der Waals surface area contributed by atoms with Crippen molar-refractivity contribution >= 4 is 16.0 Å². The number of hydrogen-bond acceptors (Lipinski definition) is 6. The second-order valence-electron chi connectivity index (χ2n) is 6.28. The lowest BCUT2D eigenvalue weighted by atomic mass is 10.1. The number of anilines is 1. The van der Waals surface area contributed by atoms with E-state index < -0.39 is 22.2 Å². The fourth-order valence-electron chi connectivity index (χ4n) is 2.83. The van der Waals surface area contributed by atoms with Crippen molar-refractivity contribution in [2.45, 2.75) is 32.5 Å². The summed E-state index contributed by atoms with van der Waals surface area (Å²) in [5, 5.41) is 2.99. The highest BCUT2D eigenvalue weighted by molar-refractivity contribution is 7.88. The van der Waals surface area contributed by atoms with Crippen LogP contribution in [0.1, 0.15) is 17.8 Å². The van der Waals surface area contributed by atoms with Crippen LogP contribution in [0.15, 0.2) is 12.4 Å². The highest BCUT2D eigenvalue weighted by Gasteiger charge is 2.33. The van der Waals surface area contributed by atoms with Crippen molar-refractivity contribution < 1.29 is 12.8 Å². The summed E-state index contributed by atoms with van der Waals surface area (Å²) in [4.78, 5) is 16.0. The molecule has 0 saturated carbocycles. The highest BCUT2D eigenvalue weighted by Crippen LogP contribution is 2.23. The first-order chi connectivity index (χ1) is 11.7. The standard InChI is InChI=1S/C15H21FN6O2S/c1-9-6-18-15(21-14(9)13-7-17-10(2)19-13)20-12-4-5-22(8-11(12)16)25(3,23)24/h6-7,11-12H,4-5,8H2,1-3H3,(H,17,19)(H,18,20,21)/t11-,12?/m1/s1. The minimum atomic E-state index is -3.38. The van der Waals surface area contributed by atoms with E-state index in [1.807, 2.05) is 13.8 Å². The van der Waals surface area contributed by atoms with Gasteiger partial charge in [0.2, 0.25) is 16.0 Å². The van der Waals surface area contributed by atoms with Gasteiger partial charge in [-0.2, -0.15) is 4.31 Å². The number of H-pyrrole nitrogens is 1. The number of rotatable bonds is 4. The Kier molecular flexibility index (Phi) is 4.74. The van der Waals surface area contributed by atoms with E-state index in [-0.39, 0.29) is 13.1 Å². The maximum absolute atomic E-state index is 14.4. The van der Waals surface area contributed by atoms with Crippen LogP contribution in [-0.4, -0.2) is 64.2 Å². The summed E-state index contributed by atoms with van der Waals surface area (Å²) >= 11 is 0. The van der Waals surface area contributed by atoms with Crippen molar-refractivity contribution in [2.24, 2.45) is 0 Å². The van der Waals surface area contributed by atoms with Crippen LogP contribution in [0.5, 0.6) is 0 Å². The lowest BCUT2D eigenvalue weighted by Gasteiger charge is -2.33. The first-order valence-electron chi connectivity index (χ1n) is 7.95. The third-order valence-corrected chi connectivity index (χ3v) is 5.49. The zero-order chi connectivity index (χ0) is 18.2. The Bertz CT molecular complexity index is 869. The normalized spacial score (nSPS) is 22.1. The molecule has 1 unspecified atom stereocenters. The van der Waals surface area contributed by atoms with Gasteiger partial charge in [0.25, 0.3) is 0 Å². The van der Waals surface area contributed by atoms with Gasteiger partial charge in [0.05, 0.1) is 29.9 Å². The van der Waals surface area contributed by atoms with Crippen molar-refractivity contribution in [3.63, 3.8) is 0 Å². The number of halogens is 1. The van der Waals surface area contributed by atoms with Crippen LogP contribution in [0.25, 0.3) is 11.4 Å². The van der Waals surface area contributed by atoms with Crippen molar-refractivity contribution in [1.29, 1.82) is 0 Å². The van der Waals surface area contributed by atoms with E-state index in [0.717, 1.165) is 27.6 Å². The zero-order valence-corrected chi connectivity index (χ0v) is 15.1. The molecule has 0 bridgehead atoms. The van der Waals surface area contributed by atoms with Crippen molar-refractivity contribution in [2.75, 3.05) is 24.7 Å². The van der Waals surface area contributed by atoms with Crippen LogP contribution < -0.4 is 5.32 Å². The summed E-state index contributed by atoms with van der Waals surface area (Å²) in [6.07, 6.45) is 3.47. The molecule has 0 aromatic carbocycles. The average molecular weight is 368 g/mol. The van der Waals surface area contributed by atoms with Gasteiger partial charge in [0.15, 0.2) is 0 Å². The fourth-order valence-corrected chi connectivity index (χ4v) is 3.68. The van der Waals surface area contributed by atoms with Crippen LogP contribution in [0.2, 0.25) is 0 Å². The molecule has 1 aliphatic heterocycles. The van der Waals surface area contributed by atoms with Gasteiger partial charge in [0.1, 0.15) is 12.0 Å². The lowest BCUT2D eigenvalue weighted by molar-refractivity contribution is 0.186. The molecule has 1 saturated heterocycles. The Morgan fingerprint density at radius 1 is 1.32 bits per heavy atom. The van der Waals surface area contributed by atoms with Crippen LogP contribution in [0, 0.1) is 13.8 Å². The molecule has 0 aliphatic carbocycles. The van der Waals surface area contributed by atoms with Gasteiger partial charge in [-0.05, 0) is 25.8 Å². The van der Waals surface area contributed by atoms with Crippen LogP contribution >= 0.6 is 0 Å². The Hall–Kier alpha value is -2.07. The van der Waals surface area contributed by atoms with Gasteiger partial charge in [-0.1, -0.05) is 0 Å². The summed E-state index contributed by atoms with van der Waals surface area (Å²) in [7, 11) is -3.38. The molecule has 2 aromatic heterocycles. The van der Waals surface area contributed by atoms with E-state index in [2.05, 4.69) is 25.3 Å². The van der Waals surface area contributed by atoms with Gasteiger partial charge < -0.3 is 10.3 Å². The lowest BCUT2D eigenvalue weighted by Crippen LogP contribution is -2.49. The van der Waals surface area contributed by atoms with E-state index >= 15 is 0 Å². The number of piperidine rings is 1. The Morgan fingerprint density at radius 3 is 2.68 bits per heavy atom. The molecular weight excluding hydrogens is 347 g/mol. The molecule has 1 fully saturated rings. The molecule has 2 atom stereocenters. The molecule has 2 aromatic rings. The molecule has 3 rings (SSSR count). The molecule has 1 aliphatic rings. The molecule has 0 radical (unpaired) electrons. The van der Waals surface area contributed by atoms with Crippen molar-refractivity contribution in [1.82, 2.24) is 24.2 Å². The van der Waals surface area contributed by atoms with Crippen LogP contribution in [0.3, 0.4) is 0 Å². The molecule has 25 heavy (non-hydrogen) atoms. The quantitative estimate of drug-likeness (QED) is 0.842. The average Bonchev–Trinajstić information content (AvgIpc) is 2.96. The second-order valence-corrected chi connectivity index (χ2v) is 8.27. The smallest absolute Gasteiger partial charge is 0.223 e. The first-order valence-corrected chi connectivity index (χ1v) is 9.80. The SMILES string of the molecule is Cc1ncc(-c2nc(NC3CCN(S(C)(=O)=O)C[C@H]3F)ncc2C)[nH]1. The molecule has 10 heteroatoms. The van der Waals surface area contributed by atoms with Crippen LogP contribution in [0.4, 0.5) is 10.3 Å². The monoisotopic (exact) mass is 368 g/mol. The second kappa shape index (κ2) is 6.68. The summed E-state index contributed by atoms with van der Waals surface area (Å²) < 4.78 is 38.6. The van der Waals surface area contributed by atoms with Gasteiger partial charge in [-0.3, -0.25) is 0 Å². The number of nitrogens with one attached hydrogen (secondary N) is 2. The maximum atomic E-state index is 14.4. The van der Waals surface area contributed by atoms with E-state index in [4.69, 9.17) is 0 Å². The molecule has 0 spiro atoms. The predicted octanol–water partition coefficient (Wildman–Crippen LogP) is 1.27. The zero-order valence-electron chi connectivity index (χ0n) is 14.3. The Morgan fingerprint density at radius 2 is 2.08 bits per heavy atom.